The summed E-state index contributed by atoms with van der Waals surface area (Å²) in [4.78, 5) is 10.5. The second-order valence-corrected chi connectivity index (χ2v) is 5.06. The number of hydrogen-bond donors (Lipinski definition) is 1. The molecule has 19 heavy (non-hydrogen) atoms. The molecule has 0 atom stereocenters. The van der Waals surface area contributed by atoms with Gasteiger partial charge in [0.15, 0.2) is 0 Å². The lowest BCUT2D eigenvalue weighted by Crippen LogP contribution is -2.01. The molecule has 0 aliphatic rings. The second-order valence-electron chi connectivity index (χ2n) is 4.20. The maximum Gasteiger partial charge on any atom is 0.274 e. The molecule has 0 saturated heterocycles. The lowest BCUT2D eigenvalue weighted by Gasteiger charge is -2.08. The minimum atomic E-state index is -0.362. The Morgan fingerprint density at radius 3 is 2.68 bits per heavy atom. The molecule has 0 saturated carbocycles. The van der Waals surface area contributed by atoms with Gasteiger partial charge in [-0.3, -0.25) is 10.1 Å². The highest BCUT2D eigenvalue weighted by atomic mass is 79.9. The monoisotopic (exact) mass is 320 g/mol. The first-order valence-electron chi connectivity index (χ1n) is 5.80. The third-order valence-corrected chi connectivity index (χ3v) is 3.62. The normalized spacial score (nSPS) is 10.2. The molecule has 0 aliphatic heterocycles. The van der Waals surface area contributed by atoms with Gasteiger partial charge in [-0.15, -0.1) is 0 Å². The van der Waals surface area contributed by atoms with Gasteiger partial charge in [0.25, 0.3) is 5.69 Å². The topological polar surface area (TPSA) is 55.2 Å². The summed E-state index contributed by atoms with van der Waals surface area (Å²) in [5, 5.41) is 14.1. The molecule has 0 unspecified atom stereocenters. The van der Waals surface area contributed by atoms with E-state index in [1.54, 1.807) is 19.1 Å². The van der Waals surface area contributed by atoms with Crippen LogP contribution in [-0.4, -0.2) is 4.92 Å². The molecule has 2 aromatic carbocycles. The Hall–Kier alpha value is -1.88. The van der Waals surface area contributed by atoms with Gasteiger partial charge in [0.05, 0.1) is 4.92 Å². The van der Waals surface area contributed by atoms with Gasteiger partial charge in [-0.05, 0) is 24.6 Å². The highest BCUT2D eigenvalue weighted by molar-refractivity contribution is 9.10. The van der Waals surface area contributed by atoms with E-state index >= 15 is 0 Å². The molecule has 98 valence electrons. The van der Waals surface area contributed by atoms with Crippen molar-refractivity contribution in [1.82, 2.24) is 0 Å². The molecule has 0 radical (unpaired) electrons. The molecule has 0 fully saturated rings. The van der Waals surface area contributed by atoms with Crippen LogP contribution in [0.2, 0.25) is 0 Å². The molecule has 2 aromatic rings. The summed E-state index contributed by atoms with van der Waals surface area (Å²) in [6.45, 7) is 2.34. The van der Waals surface area contributed by atoms with Gasteiger partial charge in [-0.2, -0.15) is 0 Å². The van der Waals surface area contributed by atoms with E-state index in [1.165, 1.54) is 0 Å². The van der Waals surface area contributed by atoms with Gasteiger partial charge in [0.2, 0.25) is 0 Å². The minimum absolute atomic E-state index is 0.136. The van der Waals surface area contributed by atoms with Gasteiger partial charge in [-0.1, -0.05) is 40.2 Å². The van der Waals surface area contributed by atoms with Crippen molar-refractivity contribution < 1.29 is 4.92 Å². The minimum Gasteiger partial charge on any atom is -0.381 e. The van der Waals surface area contributed by atoms with Crippen LogP contribution < -0.4 is 5.32 Å². The highest BCUT2D eigenvalue weighted by Gasteiger charge is 2.10. The van der Waals surface area contributed by atoms with E-state index in [2.05, 4.69) is 21.2 Å². The van der Waals surface area contributed by atoms with E-state index in [1.807, 2.05) is 30.3 Å². The molecule has 0 spiro atoms. The van der Waals surface area contributed by atoms with Crippen molar-refractivity contribution >= 4 is 27.3 Å². The number of hydrogen-bond acceptors (Lipinski definition) is 3. The fourth-order valence-electron chi connectivity index (χ4n) is 1.76. The van der Waals surface area contributed by atoms with Crippen LogP contribution in [0, 0.1) is 17.0 Å². The molecule has 5 heteroatoms. The maximum absolute atomic E-state index is 10.9. The summed E-state index contributed by atoms with van der Waals surface area (Å²) in [6, 6.07) is 13.0. The van der Waals surface area contributed by atoms with Crippen LogP contribution in [0.1, 0.15) is 11.1 Å². The van der Waals surface area contributed by atoms with Crippen LogP contribution in [0.4, 0.5) is 11.4 Å². The fourth-order valence-corrected chi connectivity index (χ4v) is 2.18. The summed E-state index contributed by atoms with van der Waals surface area (Å²) in [7, 11) is 0. The molecule has 0 heterocycles. The highest BCUT2D eigenvalue weighted by Crippen LogP contribution is 2.23. The predicted molar refractivity (Wildman–Crippen MR) is 79.3 cm³/mol. The summed E-state index contributed by atoms with van der Waals surface area (Å²) >= 11 is 3.47. The van der Waals surface area contributed by atoms with E-state index in [4.69, 9.17) is 0 Å². The molecule has 0 aromatic heterocycles. The van der Waals surface area contributed by atoms with Gasteiger partial charge < -0.3 is 5.32 Å². The number of anilines is 1. The van der Waals surface area contributed by atoms with Gasteiger partial charge in [-0.25, -0.2) is 0 Å². The van der Waals surface area contributed by atoms with E-state index < -0.39 is 0 Å². The Balaban J connectivity index is 2.14. The number of rotatable bonds is 4. The number of nitrogens with one attached hydrogen (secondary N) is 1. The van der Waals surface area contributed by atoms with Crippen LogP contribution in [0.3, 0.4) is 0 Å². The first kappa shape index (κ1) is 13.5. The van der Waals surface area contributed by atoms with Gasteiger partial charge >= 0.3 is 0 Å². The van der Waals surface area contributed by atoms with Crippen molar-refractivity contribution in [2.45, 2.75) is 13.5 Å². The predicted octanol–water partition coefficient (Wildman–Crippen LogP) is 4.28. The molecule has 0 bridgehead atoms. The number of benzene rings is 2. The standard InChI is InChI=1S/C14H13BrN2O2/c1-10-6-7-12(8-14(10)17(18)19)16-9-11-4-2-3-5-13(11)15/h2-8,16H,9H2,1H3. The van der Waals surface area contributed by atoms with E-state index in [9.17, 15) is 10.1 Å². The summed E-state index contributed by atoms with van der Waals surface area (Å²) in [5.41, 5.74) is 2.65. The number of nitro benzene ring substituents is 1. The molecular formula is C14H13BrN2O2. The van der Waals surface area contributed by atoms with Crippen LogP contribution in [0.15, 0.2) is 46.9 Å². The maximum atomic E-state index is 10.9. The third-order valence-electron chi connectivity index (χ3n) is 2.85. The summed E-state index contributed by atoms with van der Waals surface area (Å²) in [5.74, 6) is 0. The zero-order valence-electron chi connectivity index (χ0n) is 10.4. The average molecular weight is 321 g/mol. The van der Waals surface area contributed by atoms with Crippen molar-refractivity contribution in [3.8, 4) is 0 Å². The van der Waals surface area contributed by atoms with Crippen LogP contribution in [0.25, 0.3) is 0 Å². The van der Waals surface area contributed by atoms with Gasteiger partial charge in [0, 0.05) is 28.3 Å². The first-order valence-corrected chi connectivity index (χ1v) is 6.59. The molecule has 0 amide bonds. The van der Waals surface area contributed by atoms with Crippen molar-refractivity contribution in [3.05, 3.63) is 68.2 Å². The Labute approximate surface area is 119 Å². The number of halogens is 1. The quantitative estimate of drug-likeness (QED) is 0.675. The van der Waals surface area contributed by atoms with E-state index in [0.29, 0.717) is 12.1 Å². The van der Waals surface area contributed by atoms with Crippen molar-refractivity contribution in [2.75, 3.05) is 5.32 Å². The lowest BCUT2D eigenvalue weighted by atomic mass is 10.1. The largest absolute Gasteiger partial charge is 0.381 e. The molecule has 0 aliphatic carbocycles. The molecular weight excluding hydrogens is 308 g/mol. The Morgan fingerprint density at radius 2 is 2.00 bits per heavy atom. The molecule has 4 nitrogen and oxygen atoms in total. The zero-order chi connectivity index (χ0) is 13.8. The molecule has 1 N–H and O–H groups in total. The number of nitrogens with zero attached hydrogens (tertiary/aromatic N) is 1. The SMILES string of the molecule is Cc1ccc(NCc2ccccc2Br)cc1[N+](=O)[O-]. The summed E-state index contributed by atoms with van der Waals surface area (Å²) in [6.07, 6.45) is 0. The van der Waals surface area contributed by atoms with Gasteiger partial charge in [0.1, 0.15) is 0 Å². The molecule has 2 rings (SSSR count). The first-order chi connectivity index (χ1) is 9.08. The fraction of sp³-hybridized carbons (Fsp3) is 0.143. The lowest BCUT2D eigenvalue weighted by molar-refractivity contribution is -0.385. The zero-order valence-corrected chi connectivity index (χ0v) is 12.0. The second kappa shape index (κ2) is 5.84. The van der Waals surface area contributed by atoms with E-state index in [0.717, 1.165) is 15.7 Å². The van der Waals surface area contributed by atoms with Crippen molar-refractivity contribution in [2.24, 2.45) is 0 Å². The van der Waals surface area contributed by atoms with E-state index in [-0.39, 0.29) is 10.6 Å². The number of nitro groups is 1. The van der Waals surface area contributed by atoms with Crippen molar-refractivity contribution in [1.29, 1.82) is 0 Å². The number of aryl methyl sites for hydroxylation is 1. The Bertz CT molecular complexity index is 614. The van der Waals surface area contributed by atoms with Crippen molar-refractivity contribution in [3.63, 3.8) is 0 Å². The van der Waals surface area contributed by atoms with Crippen LogP contribution in [0.5, 0.6) is 0 Å². The van der Waals surface area contributed by atoms with Crippen LogP contribution in [-0.2, 0) is 6.54 Å². The average Bonchev–Trinajstić information content (AvgIpc) is 2.39. The third kappa shape index (κ3) is 3.32. The Morgan fingerprint density at radius 1 is 1.26 bits per heavy atom. The Kier molecular flexibility index (Phi) is 4.16. The summed E-state index contributed by atoms with van der Waals surface area (Å²) < 4.78 is 1.02. The van der Waals surface area contributed by atoms with Crippen LogP contribution >= 0.6 is 15.9 Å². The smallest absolute Gasteiger partial charge is 0.274 e.